The quantitative estimate of drug-likeness (QED) is 0.786. The van der Waals surface area contributed by atoms with E-state index in [0.29, 0.717) is 11.3 Å². The summed E-state index contributed by atoms with van der Waals surface area (Å²) < 4.78 is 30.8. The Morgan fingerprint density at radius 2 is 1.79 bits per heavy atom. The van der Waals surface area contributed by atoms with Gasteiger partial charge in [0.15, 0.2) is 0 Å². The first-order valence-corrected chi connectivity index (χ1v) is 11.0. The molecule has 4 rings (SSSR count). The van der Waals surface area contributed by atoms with Crippen molar-refractivity contribution in [3.8, 4) is 16.9 Å². The second-order valence-electron chi connectivity index (χ2n) is 7.27. The van der Waals surface area contributed by atoms with Gasteiger partial charge in [-0.2, -0.15) is 0 Å². The van der Waals surface area contributed by atoms with Crippen molar-refractivity contribution in [2.75, 3.05) is 25.2 Å². The van der Waals surface area contributed by atoms with Crippen LogP contribution in [0.5, 0.6) is 5.75 Å². The Hall–Kier alpha value is -2.91. The molecule has 2 aromatic carbocycles. The molecule has 0 spiro atoms. The molecule has 2 aromatic rings. The number of amides is 2. The molecular formula is C20H21N3O5S. The summed E-state index contributed by atoms with van der Waals surface area (Å²) in [5.74, 6) is 0.125. The predicted octanol–water partition coefficient (Wildman–Crippen LogP) is 1.45. The maximum atomic E-state index is 13.2. The van der Waals surface area contributed by atoms with E-state index in [0.717, 1.165) is 23.1 Å². The SMILES string of the molecule is COc1ccc(-c2ccc3c(c2)C(=O)N2CC(NS(C)(=O)=O)CC2C(=O)N3)cc1. The number of anilines is 1. The maximum Gasteiger partial charge on any atom is 0.256 e. The number of hydrogen-bond donors (Lipinski definition) is 2. The van der Waals surface area contributed by atoms with Gasteiger partial charge >= 0.3 is 0 Å². The van der Waals surface area contributed by atoms with Crippen molar-refractivity contribution in [1.82, 2.24) is 9.62 Å². The Morgan fingerprint density at radius 3 is 2.45 bits per heavy atom. The molecule has 2 amide bonds. The van der Waals surface area contributed by atoms with Crippen LogP contribution in [0.3, 0.4) is 0 Å². The number of sulfonamides is 1. The minimum absolute atomic E-state index is 0.149. The zero-order valence-electron chi connectivity index (χ0n) is 16.0. The summed E-state index contributed by atoms with van der Waals surface area (Å²) in [5, 5.41) is 2.81. The summed E-state index contributed by atoms with van der Waals surface area (Å²) >= 11 is 0. The van der Waals surface area contributed by atoms with Gasteiger partial charge < -0.3 is 15.0 Å². The lowest BCUT2D eigenvalue weighted by atomic mass is 10.0. The number of carbonyl (C=O) groups is 2. The first-order chi connectivity index (χ1) is 13.7. The third kappa shape index (κ3) is 3.83. The number of fused-ring (bicyclic) bond motifs is 2. The van der Waals surface area contributed by atoms with E-state index < -0.39 is 22.1 Å². The molecule has 2 aliphatic rings. The summed E-state index contributed by atoms with van der Waals surface area (Å²) in [6.45, 7) is 0.149. The van der Waals surface area contributed by atoms with Gasteiger partial charge in [0.05, 0.1) is 24.6 Å². The van der Waals surface area contributed by atoms with E-state index >= 15 is 0 Å². The second-order valence-corrected chi connectivity index (χ2v) is 9.05. The molecule has 152 valence electrons. The first kappa shape index (κ1) is 19.4. The molecule has 1 saturated heterocycles. The smallest absolute Gasteiger partial charge is 0.256 e. The summed E-state index contributed by atoms with van der Waals surface area (Å²) in [5.41, 5.74) is 2.58. The van der Waals surface area contributed by atoms with Crippen molar-refractivity contribution in [2.45, 2.75) is 18.5 Å². The van der Waals surface area contributed by atoms with Crippen molar-refractivity contribution in [3.63, 3.8) is 0 Å². The number of carbonyl (C=O) groups excluding carboxylic acids is 2. The molecule has 1 fully saturated rings. The minimum Gasteiger partial charge on any atom is -0.497 e. The van der Waals surface area contributed by atoms with Crippen LogP contribution >= 0.6 is 0 Å². The third-order valence-electron chi connectivity index (χ3n) is 5.18. The van der Waals surface area contributed by atoms with E-state index in [1.807, 2.05) is 30.3 Å². The lowest BCUT2D eigenvalue weighted by Crippen LogP contribution is -2.41. The highest BCUT2D eigenvalue weighted by Crippen LogP contribution is 2.32. The molecule has 9 heteroatoms. The van der Waals surface area contributed by atoms with E-state index in [1.54, 1.807) is 19.2 Å². The standard InChI is InChI=1S/C20H21N3O5S/c1-28-15-6-3-12(4-7-15)13-5-8-17-16(9-13)20(25)23-11-14(22-29(2,26)27)10-18(23)19(24)21-17/h3-9,14,18,22H,10-11H2,1-2H3,(H,21,24). The Balaban J connectivity index is 1.67. The van der Waals surface area contributed by atoms with Gasteiger partial charge in [0.25, 0.3) is 5.91 Å². The number of nitrogens with one attached hydrogen (secondary N) is 2. The molecule has 0 aromatic heterocycles. The van der Waals surface area contributed by atoms with Gasteiger partial charge in [-0.05, 0) is 41.8 Å². The average Bonchev–Trinajstić information content (AvgIpc) is 3.06. The van der Waals surface area contributed by atoms with Crippen LogP contribution in [0.25, 0.3) is 11.1 Å². The Kier molecular flexibility index (Phi) is 4.79. The van der Waals surface area contributed by atoms with E-state index in [2.05, 4.69) is 10.0 Å². The van der Waals surface area contributed by atoms with Crippen LogP contribution in [0, 0.1) is 0 Å². The van der Waals surface area contributed by atoms with Crippen LogP contribution < -0.4 is 14.8 Å². The second kappa shape index (κ2) is 7.16. The van der Waals surface area contributed by atoms with Crippen LogP contribution in [0.4, 0.5) is 5.69 Å². The summed E-state index contributed by atoms with van der Waals surface area (Å²) in [6, 6.07) is 11.6. The third-order valence-corrected chi connectivity index (χ3v) is 5.94. The number of nitrogens with zero attached hydrogens (tertiary/aromatic N) is 1. The monoisotopic (exact) mass is 415 g/mol. The first-order valence-electron chi connectivity index (χ1n) is 9.13. The maximum absolute atomic E-state index is 13.2. The molecule has 29 heavy (non-hydrogen) atoms. The van der Waals surface area contributed by atoms with E-state index in [-0.39, 0.29) is 24.8 Å². The molecular weight excluding hydrogens is 394 g/mol. The highest BCUT2D eigenvalue weighted by molar-refractivity contribution is 7.88. The van der Waals surface area contributed by atoms with Crippen LogP contribution in [-0.2, 0) is 14.8 Å². The summed E-state index contributed by atoms with van der Waals surface area (Å²) in [7, 11) is -1.84. The molecule has 2 atom stereocenters. The Labute approximate surface area is 168 Å². The van der Waals surface area contributed by atoms with Crippen LogP contribution in [0.2, 0.25) is 0 Å². The topological polar surface area (TPSA) is 105 Å². The number of rotatable bonds is 4. The van der Waals surface area contributed by atoms with Gasteiger partial charge in [-0.15, -0.1) is 0 Å². The zero-order chi connectivity index (χ0) is 20.8. The van der Waals surface area contributed by atoms with E-state index in [1.165, 1.54) is 4.90 Å². The van der Waals surface area contributed by atoms with Gasteiger partial charge in [-0.3, -0.25) is 9.59 Å². The van der Waals surface area contributed by atoms with Gasteiger partial charge in [0.1, 0.15) is 11.8 Å². The summed E-state index contributed by atoms with van der Waals surface area (Å²) in [4.78, 5) is 27.3. The zero-order valence-corrected chi connectivity index (χ0v) is 16.8. The largest absolute Gasteiger partial charge is 0.497 e. The Bertz CT molecular complexity index is 1080. The minimum atomic E-state index is -3.43. The molecule has 0 bridgehead atoms. The highest BCUT2D eigenvalue weighted by Gasteiger charge is 2.43. The fraction of sp³-hybridized carbons (Fsp3) is 0.300. The lowest BCUT2D eigenvalue weighted by molar-refractivity contribution is -0.119. The molecule has 8 nitrogen and oxygen atoms in total. The average molecular weight is 415 g/mol. The van der Waals surface area contributed by atoms with Gasteiger partial charge in [-0.25, -0.2) is 13.1 Å². The fourth-order valence-corrected chi connectivity index (χ4v) is 4.64. The number of methoxy groups -OCH3 is 1. The predicted molar refractivity (Wildman–Crippen MR) is 108 cm³/mol. The number of hydrogen-bond acceptors (Lipinski definition) is 5. The molecule has 2 heterocycles. The number of benzene rings is 2. The van der Waals surface area contributed by atoms with Crippen molar-refractivity contribution in [3.05, 3.63) is 48.0 Å². The molecule has 0 radical (unpaired) electrons. The lowest BCUT2D eigenvalue weighted by Gasteiger charge is -2.20. The van der Waals surface area contributed by atoms with Crippen molar-refractivity contribution >= 4 is 27.5 Å². The molecule has 0 saturated carbocycles. The molecule has 2 N–H and O–H groups in total. The summed E-state index contributed by atoms with van der Waals surface area (Å²) in [6.07, 6.45) is 1.30. The van der Waals surface area contributed by atoms with Crippen LogP contribution in [-0.4, -0.2) is 57.1 Å². The van der Waals surface area contributed by atoms with Crippen LogP contribution in [0.15, 0.2) is 42.5 Å². The van der Waals surface area contributed by atoms with Crippen LogP contribution in [0.1, 0.15) is 16.8 Å². The van der Waals surface area contributed by atoms with Gasteiger partial charge in [0.2, 0.25) is 15.9 Å². The molecule has 2 unspecified atom stereocenters. The van der Waals surface area contributed by atoms with E-state index in [9.17, 15) is 18.0 Å². The molecule has 0 aliphatic carbocycles. The molecule has 2 aliphatic heterocycles. The normalized spacial score (nSPS) is 21.2. The van der Waals surface area contributed by atoms with Gasteiger partial charge in [0, 0.05) is 12.6 Å². The number of ether oxygens (including phenoxy) is 1. The fourth-order valence-electron chi connectivity index (χ4n) is 3.86. The van der Waals surface area contributed by atoms with Gasteiger partial charge in [-0.1, -0.05) is 18.2 Å². The van der Waals surface area contributed by atoms with Crippen molar-refractivity contribution < 1.29 is 22.7 Å². The van der Waals surface area contributed by atoms with Crippen molar-refractivity contribution in [1.29, 1.82) is 0 Å². The highest BCUT2D eigenvalue weighted by atomic mass is 32.2. The van der Waals surface area contributed by atoms with Crippen molar-refractivity contribution in [2.24, 2.45) is 0 Å². The Morgan fingerprint density at radius 1 is 1.10 bits per heavy atom. The van der Waals surface area contributed by atoms with E-state index in [4.69, 9.17) is 4.74 Å².